The molecule has 1 heterocycles. The fourth-order valence-electron chi connectivity index (χ4n) is 2.98. The Balaban J connectivity index is 1.77. The first-order valence-corrected chi connectivity index (χ1v) is 8.72. The number of amides is 1. The van der Waals surface area contributed by atoms with Gasteiger partial charge in [0.1, 0.15) is 0 Å². The van der Waals surface area contributed by atoms with Crippen molar-refractivity contribution in [2.24, 2.45) is 10.9 Å². The minimum Gasteiger partial charge on any atom is -0.354 e. The Morgan fingerprint density at radius 3 is 2.46 bits per heavy atom. The molecule has 5 nitrogen and oxygen atoms in total. The molecule has 1 saturated heterocycles. The minimum atomic E-state index is -4.40. The summed E-state index contributed by atoms with van der Waals surface area (Å²) < 4.78 is 37.6. The van der Waals surface area contributed by atoms with Crippen LogP contribution in [0.15, 0.2) is 29.3 Å². The predicted molar refractivity (Wildman–Crippen MR) is 95.1 cm³/mol. The van der Waals surface area contributed by atoms with Crippen molar-refractivity contribution >= 4 is 11.9 Å². The standard InChI is InChI=1S/C18H25F3N4O/c1-13-4-3-11-25(12-13)17(22-2)24-10-9-23-16(26)14-5-7-15(8-6-14)18(19,20)21/h5-8,13H,3-4,9-12H2,1-2H3,(H,22,24)(H,23,26). The van der Waals surface area contributed by atoms with Crippen LogP contribution in [0, 0.1) is 5.92 Å². The lowest BCUT2D eigenvalue weighted by molar-refractivity contribution is -0.137. The molecule has 1 amide bonds. The zero-order valence-corrected chi connectivity index (χ0v) is 15.1. The minimum absolute atomic E-state index is 0.201. The third-order valence-corrected chi connectivity index (χ3v) is 4.34. The van der Waals surface area contributed by atoms with E-state index in [4.69, 9.17) is 0 Å². The second-order valence-electron chi connectivity index (χ2n) is 6.50. The van der Waals surface area contributed by atoms with E-state index in [0.29, 0.717) is 19.0 Å². The summed E-state index contributed by atoms with van der Waals surface area (Å²) in [5.74, 6) is 1.03. The van der Waals surface area contributed by atoms with Crippen molar-refractivity contribution in [3.8, 4) is 0 Å². The molecule has 1 atom stereocenters. The average molecular weight is 370 g/mol. The van der Waals surface area contributed by atoms with Gasteiger partial charge in [-0.05, 0) is 43.0 Å². The van der Waals surface area contributed by atoms with Crippen LogP contribution in [0.25, 0.3) is 0 Å². The highest BCUT2D eigenvalue weighted by Gasteiger charge is 2.30. The van der Waals surface area contributed by atoms with Gasteiger partial charge in [0, 0.05) is 38.8 Å². The van der Waals surface area contributed by atoms with Crippen molar-refractivity contribution in [3.05, 3.63) is 35.4 Å². The maximum atomic E-state index is 12.5. The Bertz CT molecular complexity index is 628. The molecular weight excluding hydrogens is 345 g/mol. The highest BCUT2D eigenvalue weighted by Crippen LogP contribution is 2.29. The van der Waals surface area contributed by atoms with Crippen molar-refractivity contribution in [2.45, 2.75) is 25.9 Å². The summed E-state index contributed by atoms with van der Waals surface area (Å²) in [7, 11) is 1.72. The van der Waals surface area contributed by atoms with E-state index < -0.39 is 17.6 Å². The van der Waals surface area contributed by atoms with Gasteiger partial charge in [-0.3, -0.25) is 9.79 Å². The second kappa shape index (κ2) is 8.91. The smallest absolute Gasteiger partial charge is 0.354 e. The number of likely N-dealkylation sites (tertiary alicyclic amines) is 1. The number of nitrogens with zero attached hydrogens (tertiary/aromatic N) is 2. The summed E-state index contributed by atoms with van der Waals surface area (Å²) in [5, 5.41) is 5.90. The zero-order chi connectivity index (χ0) is 19.2. The van der Waals surface area contributed by atoms with Gasteiger partial charge in [0.25, 0.3) is 5.91 Å². The molecule has 0 radical (unpaired) electrons. The molecule has 1 fully saturated rings. The molecule has 0 saturated carbocycles. The zero-order valence-electron chi connectivity index (χ0n) is 15.1. The van der Waals surface area contributed by atoms with Gasteiger partial charge in [0.15, 0.2) is 5.96 Å². The van der Waals surface area contributed by atoms with Crippen LogP contribution in [0.3, 0.4) is 0 Å². The van der Waals surface area contributed by atoms with E-state index in [9.17, 15) is 18.0 Å². The number of halogens is 3. The molecular formula is C18H25F3N4O. The van der Waals surface area contributed by atoms with Gasteiger partial charge < -0.3 is 15.5 Å². The first-order chi connectivity index (χ1) is 12.3. The number of guanidine groups is 1. The highest BCUT2D eigenvalue weighted by atomic mass is 19.4. The topological polar surface area (TPSA) is 56.7 Å². The number of hydrogen-bond donors (Lipinski definition) is 2. The maximum Gasteiger partial charge on any atom is 0.416 e. The first-order valence-electron chi connectivity index (χ1n) is 8.72. The Morgan fingerprint density at radius 1 is 1.23 bits per heavy atom. The Kier molecular flexibility index (Phi) is 6.88. The first kappa shape index (κ1) is 20.1. The molecule has 8 heteroatoms. The van der Waals surface area contributed by atoms with Crippen LogP contribution in [0.5, 0.6) is 0 Å². The lowest BCUT2D eigenvalue weighted by Gasteiger charge is -2.33. The molecule has 0 aromatic heterocycles. The SMILES string of the molecule is CN=C(NCCNC(=O)c1ccc(C(F)(F)F)cc1)N1CCCC(C)C1. The van der Waals surface area contributed by atoms with Gasteiger partial charge in [-0.25, -0.2) is 0 Å². The van der Waals surface area contributed by atoms with Crippen LogP contribution in [-0.4, -0.2) is 50.0 Å². The molecule has 0 bridgehead atoms. The van der Waals surface area contributed by atoms with Gasteiger partial charge >= 0.3 is 6.18 Å². The van der Waals surface area contributed by atoms with E-state index in [1.807, 2.05) is 0 Å². The van der Waals surface area contributed by atoms with Crippen LogP contribution in [0.2, 0.25) is 0 Å². The molecule has 2 N–H and O–H groups in total. The number of carbonyl (C=O) groups excluding carboxylic acids is 1. The van der Waals surface area contributed by atoms with Crippen LogP contribution >= 0.6 is 0 Å². The summed E-state index contributed by atoms with van der Waals surface area (Å²) in [5.41, 5.74) is -0.567. The van der Waals surface area contributed by atoms with E-state index in [1.54, 1.807) is 7.05 Å². The van der Waals surface area contributed by atoms with Crippen molar-refractivity contribution in [3.63, 3.8) is 0 Å². The number of rotatable bonds is 4. The third kappa shape index (κ3) is 5.64. The van der Waals surface area contributed by atoms with Gasteiger partial charge in [-0.1, -0.05) is 6.92 Å². The molecule has 1 aromatic carbocycles. The van der Waals surface area contributed by atoms with Gasteiger partial charge in [-0.15, -0.1) is 0 Å². The third-order valence-electron chi connectivity index (χ3n) is 4.34. The van der Waals surface area contributed by atoms with Crippen LogP contribution in [0.1, 0.15) is 35.7 Å². The lowest BCUT2D eigenvalue weighted by atomic mass is 10.0. The molecule has 0 spiro atoms. The Labute approximate surface area is 151 Å². The molecule has 1 aliphatic rings. The van der Waals surface area contributed by atoms with Crippen molar-refractivity contribution in [1.29, 1.82) is 0 Å². The van der Waals surface area contributed by atoms with Crippen molar-refractivity contribution in [2.75, 3.05) is 33.2 Å². The predicted octanol–water partition coefficient (Wildman–Crippen LogP) is 2.74. The van der Waals surface area contributed by atoms with Crippen molar-refractivity contribution < 1.29 is 18.0 Å². The lowest BCUT2D eigenvalue weighted by Crippen LogP contribution is -2.47. The number of piperidine rings is 1. The number of aliphatic imine (C=N–C) groups is 1. The molecule has 0 aliphatic carbocycles. The van der Waals surface area contributed by atoms with E-state index in [0.717, 1.165) is 37.6 Å². The van der Waals surface area contributed by atoms with E-state index in [-0.39, 0.29) is 5.56 Å². The molecule has 1 aromatic rings. The molecule has 1 unspecified atom stereocenters. The largest absolute Gasteiger partial charge is 0.416 e. The van der Waals surface area contributed by atoms with E-state index in [1.165, 1.54) is 18.6 Å². The number of hydrogen-bond acceptors (Lipinski definition) is 2. The number of carbonyl (C=O) groups is 1. The molecule has 1 aliphatic heterocycles. The Hall–Kier alpha value is -2.25. The Morgan fingerprint density at radius 2 is 1.88 bits per heavy atom. The fraction of sp³-hybridized carbons (Fsp3) is 0.556. The van der Waals surface area contributed by atoms with Gasteiger partial charge in [0.2, 0.25) is 0 Å². The van der Waals surface area contributed by atoms with Crippen molar-refractivity contribution in [1.82, 2.24) is 15.5 Å². The normalized spacial score (nSPS) is 18.6. The van der Waals surface area contributed by atoms with Crippen LogP contribution in [-0.2, 0) is 6.18 Å². The second-order valence-corrected chi connectivity index (χ2v) is 6.50. The van der Waals surface area contributed by atoms with E-state index in [2.05, 4.69) is 27.4 Å². The molecule has 26 heavy (non-hydrogen) atoms. The summed E-state index contributed by atoms with van der Waals surface area (Å²) in [6.45, 7) is 4.97. The van der Waals surface area contributed by atoms with Crippen LogP contribution in [0.4, 0.5) is 13.2 Å². The number of alkyl halides is 3. The number of benzene rings is 1. The highest BCUT2D eigenvalue weighted by molar-refractivity contribution is 5.94. The molecule has 2 rings (SSSR count). The van der Waals surface area contributed by atoms with Gasteiger partial charge in [-0.2, -0.15) is 13.2 Å². The maximum absolute atomic E-state index is 12.5. The molecule has 144 valence electrons. The number of nitrogens with one attached hydrogen (secondary N) is 2. The van der Waals surface area contributed by atoms with Crippen LogP contribution < -0.4 is 10.6 Å². The van der Waals surface area contributed by atoms with E-state index >= 15 is 0 Å². The quantitative estimate of drug-likeness (QED) is 0.487. The summed E-state index contributed by atoms with van der Waals surface area (Å²) >= 11 is 0. The summed E-state index contributed by atoms with van der Waals surface area (Å²) in [4.78, 5) is 18.5. The summed E-state index contributed by atoms with van der Waals surface area (Å²) in [6.07, 6.45) is -2.05. The summed E-state index contributed by atoms with van der Waals surface area (Å²) in [6, 6.07) is 4.18. The monoisotopic (exact) mass is 370 g/mol. The average Bonchev–Trinajstić information content (AvgIpc) is 2.61. The fourth-order valence-corrected chi connectivity index (χ4v) is 2.98. The van der Waals surface area contributed by atoms with Gasteiger partial charge in [0.05, 0.1) is 5.56 Å².